The predicted molar refractivity (Wildman–Crippen MR) is 121 cm³/mol. The lowest BCUT2D eigenvalue weighted by Crippen LogP contribution is -2.44. The molecule has 1 heterocycles. The van der Waals surface area contributed by atoms with Gasteiger partial charge in [-0.05, 0) is 46.5 Å². The normalized spacial score (nSPS) is 15.2. The summed E-state index contributed by atoms with van der Waals surface area (Å²) >= 11 is 0. The number of sulfone groups is 1. The minimum atomic E-state index is -3.70. The van der Waals surface area contributed by atoms with Gasteiger partial charge in [0.2, 0.25) is 0 Å². The third-order valence-electron chi connectivity index (χ3n) is 5.52. The van der Waals surface area contributed by atoms with Crippen molar-refractivity contribution in [3.63, 3.8) is 0 Å². The molecule has 0 amide bonds. The first kappa shape index (κ1) is 22.2. The van der Waals surface area contributed by atoms with E-state index in [9.17, 15) is 17.2 Å². The predicted octanol–water partition coefficient (Wildman–Crippen LogP) is 4.83. The standard InChI is InChI=1S/C25H23F2NO3S/c1-31-23-10-8-18(9-11-23)24(17-6-4-3-5-7-17)28-15-20(16-28)25(32(2,29)30)19-12-21(26)14-22(27)13-19/h3-14,24H,15-16H2,1-2H3/t24-/m1/s1. The van der Waals surface area contributed by atoms with Crippen LogP contribution in [0.3, 0.4) is 0 Å². The molecule has 32 heavy (non-hydrogen) atoms. The molecule has 3 aromatic rings. The second-order valence-corrected chi connectivity index (χ2v) is 9.81. The van der Waals surface area contributed by atoms with Crippen LogP contribution in [0.25, 0.3) is 4.91 Å². The highest BCUT2D eigenvalue weighted by atomic mass is 32.2. The van der Waals surface area contributed by atoms with Crippen LogP contribution in [0.2, 0.25) is 0 Å². The summed E-state index contributed by atoms with van der Waals surface area (Å²) in [6, 6.07) is 20.4. The van der Waals surface area contributed by atoms with E-state index in [4.69, 9.17) is 4.74 Å². The quantitative estimate of drug-likeness (QED) is 0.534. The van der Waals surface area contributed by atoms with Gasteiger partial charge in [0.1, 0.15) is 17.4 Å². The molecular formula is C25H23F2NO3S. The van der Waals surface area contributed by atoms with Crippen molar-refractivity contribution < 1.29 is 21.9 Å². The maximum Gasteiger partial charge on any atom is 0.176 e. The van der Waals surface area contributed by atoms with E-state index in [1.165, 1.54) is 0 Å². The summed E-state index contributed by atoms with van der Waals surface area (Å²) in [6.45, 7) is 0.734. The molecule has 1 saturated heterocycles. The molecule has 1 aliphatic rings. The van der Waals surface area contributed by atoms with Gasteiger partial charge in [-0.15, -0.1) is 0 Å². The van der Waals surface area contributed by atoms with Crippen molar-refractivity contribution in [2.45, 2.75) is 6.04 Å². The fourth-order valence-electron chi connectivity index (χ4n) is 4.17. The van der Waals surface area contributed by atoms with Crippen LogP contribution in [0.4, 0.5) is 8.78 Å². The smallest absolute Gasteiger partial charge is 0.176 e. The van der Waals surface area contributed by atoms with Crippen LogP contribution in [-0.2, 0) is 9.84 Å². The molecule has 4 nitrogen and oxygen atoms in total. The molecule has 3 aromatic carbocycles. The molecular weight excluding hydrogens is 432 g/mol. The molecule has 0 saturated carbocycles. The summed E-state index contributed by atoms with van der Waals surface area (Å²) in [7, 11) is -2.09. The van der Waals surface area contributed by atoms with Crippen LogP contribution < -0.4 is 4.74 Å². The zero-order chi connectivity index (χ0) is 22.9. The van der Waals surface area contributed by atoms with Gasteiger partial charge < -0.3 is 4.74 Å². The van der Waals surface area contributed by atoms with E-state index in [0.29, 0.717) is 18.7 Å². The Kier molecular flexibility index (Phi) is 6.13. The minimum absolute atomic E-state index is 0.00584. The van der Waals surface area contributed by atoms with Crippen molar-refractivity contribution in [1.82, 2.24) is 4.90 Å². The average Bonchev–Trinajstić information content (AvgIpc) is 2.71. The number of hydrogen-bond acceptors (Lipinski definition) is 4. The second-order valence-electron chi connectivity index (χ2n) is 7.85. The third-order valence-corrected chi connectivity index (χ3v) is 6.78. The Labute approximate surface area is 186 Å². The lowest BCUT2D eigenvalue weighted by Gasteiger charge is -2.42. The van der Waals surface area contributed by atoms with E-state index in [2.05, 4.69) is 4.90 Å². The van der Waals surface area contributed by atoms with Gasteiger partial charge in [0, 0.05) is 25.4 Å². The number of halogens is 2. The number of rotatable bonds is 6. The van der Waals surface area contributed by atoms with Gasteiger partial charge in [-0.1, -0.05) is 42.5 Å². The van der Waals surface area contributed by atoms with Gasteiger partial charge >= 0.3 is 0 Å². The van der Waals surface area contributed by atoms with Crippen molar-refractivity contribution in [2.75, 3.05) is 26.5 Å². The minimum Gasteiger partial charge on any atom is -0.497 e. The Morgan fingerprint density at radius 3 is 2.00 bits per heavy atom. The van der Waals surface area contributed by atoms with Gasteiger partial charge in [-0.2, -0.15) is 0 Å². The maximum atomic E-state index is 13.8. The third kappa shape index (κ3) is 4.59. The van der Waals surface area contributed by atoms with Crippen molar-refractivity contribution in [3.05, 3.63) is 107 Å². The number of nitrogens with zero attached hydrogens (tertiary/aromatic N) is 1. The van der Waals surface area contributed by atoms with Crippen LogP contribution >= 0.6 is 0 Å². The summed E-state index contributed by atoms with van der Waals surface area (Å²) in [5, 5.41) is 0. The molecule has 0 bridgehead atoms. The Morgan fingerprint density at radius 2 is 1.47 bits per heavy atom. The number of ether oxygens (including phenoxy) is 1. The highest BCUT2D eigenvalue weighted by Gasteiger charge is 2.34. The summed E-state index contributed by atoms with van der Waals surface area (Å²) < 4.78 is 57.9. The van der Waals surface area contributed by atoms with E-state index in [-0.39, 0.29) is 16.5 Å². The van der Waals surface area contributed by atoms with E-state index in [1.807, 2.05) is 54.6 Å². The summed E-state index contributed by atoms with van der Waals surface area (Å²) in [5.41, 5.74) is 2.77. The van der Waals surface area contributed by atoms with Crippen LogP contribution in [0.1, 0.15) is 22.7 Å². The molecule has 4 rings (SSSR count). The summed E-state index contributed by atoms with van der Waals surface area (Å²) in [6.07, 6.45) is 1.07. The molecule has 1 aliphatic heterocycles. The number of hydrogen-bond donors (Lipinski definition) is 0. The van der Waals surface area contributed by atoms with E-state index in [1.54, 1.807) is 7.11 Å². The monoisotopic (exact) mass is 455 g/mol. The Bertz CT molecular complexity index is 1230. The maximum absolute atomic E-state index is 13.8. The molecule has 1 fully saturated rings. The van der Waals surface area contributed by atoms with Crippen LogP contribution in [0.15, 0.2) is 78.4 Å². The van der Waals surface area contributed by atoms with Gasteiger partial charge in [-0.3, -0.25) is 4.90 Å². The molecule has 0 N–H and O–H groups in total. The first-order chi connectivity index (χ1) is 15.3. The van der Waals surface area contributed by atoms with Crippen molar-refractivity contribution in [1.29, 1.82) is 0 Å². The second kappa shape index (κ2) is 8.84. The van der Waals surface area contributed by atoms with Gasteiger partial charge in [0.15, 0.2) is 9.84 Å². The molecule has 0 aromatic heterocycles. The van der Waals surface area contributed by atoms with E-state index >= 15 is 0 Å². The zero-order valence-electron chi connectivity index (χ0n) is 17.8. The highest BCUT2D eigenvalue weighted by Crippen LogP contribution is 2.38. The summed E-state index contributed by atoms with van der Waals surface area (Å²) in [4.78, 5) is 2.13. The van der Waals surface area contributed by atoms with Crippen LogP contribution in [0.5, 0.6) is 5.75 Å². The molecule has 0 radical (unpaired) electrons. The molecule has 166 valence electrons. The van der Waals surface area contributed by atoms with Gasteiger partial charge in [-0.25, -0.2) is 17.2 Å². The molecule has 0 aliphatic carbocycles. The fraction of sp³-hybridized carbons (Fsp3) is 0.200. The first-order valence-corrected chi connectivity index (χ1v) is 12.0. The van der Waals surface area contributed by atoms with Crippen molar-refractivity contribution >= 4 is 14.7 Å². The zero-order valence-corrected chi connectivity index (χ0v) is 18.6. The van der Waals surface area contributed by atoms with E-state index in [0.717, 1.165) is 41.3 Å². The Morgan fingerprint density at radius 1 is 0.906 bits per heavy atom. The number of benzene rings is 3. The fourth-order valence-corrected chi connectivity index (χ4v) is 5.37. The van der Waals surface area contributed by atoms with Crippen LogP contribution in [-0.4, -0.2) is 39.8 Å². The van der Waals surface area contributed by atoms with Gasteiger partial charge in [0.05, 0.1) is 18.1 Å². The van der Waals surface area contributed by atoms with Crippen LogP contribution in [0, 0.1) is 11.6 Å². The number of methoxy groups -OCH3 is 1. The first-order valence-electron chi connectivity index (χ1n) is 10.1. The molecule has 1 atom stereocenters. The SMILES string of the molecule is COc1ccc([C@@H](c2ccccc2)N2CC(=C(c3cc(F)cc(F)c3)S(C)(=O)=O)C2)cc1. The lowest BCUT2D eigenvalue weighted by atomic mass is 9.92. The van der Waals surface area contributed by atoms with Gasteiger partial charge in [0.25, 0.3) is 0 Å². The van der Waals surface area contributed by atoms with Crippen molar-refractivity contribution in [2.24, 2.45) is 0 Å². The van der Waals surface area contributed by atoms with E-state index < -0.39 is 21.5 Å². The Hall–Kier alpha value is -3.03. The Balaban J connectivity index is 1.72. The molecule has 0 unspecified atom stereocenters. The highest BCUT2D eigenvalue weighted by molar-refractivity contribution is 8.00. The average molecular weight is 456 g/mol. The molecule has 7 heteroatoms. The molecule has 0 spiro atoms. The topological polar surface area (TPSA) is 46.6 Å². The number of likely N-dealkylation sites (tertiary alicyclic amines) is 1. The van der Waals surface area contributed by atoms with Crippen molar-refractivity contribution in [3.8, 4) is 5.75 Å². The summed E-state index contributed by atoms with van der Waals surface area (Å²) in [5.74, 6) is -0.867. The largest absolute Gasteiger partial charge is 0.497 e. The lowest BCUT2D eigenvalue weighted by molar-refractivity contribution is 0.203.